The number of hydrogen-bond donors (Lipinski definition) is 0. The van der Waals surface area contributed by atoms with E-state index in [4.69, 9.17) is 14.2 Å². The number of carbonyl (C=O) groups excluding carboxylic acids is 3. The number of ether oxygens (including phenoxy) is 3. The topological polar surface area (TPSA) is 78.9 Å². The quantitative estimate of drug-likeness (QED) is 0.0261. The average Bonchev–Trinajstić information content (AvgIpc) is 3.42. The fourth-order valence-electron chi connectivity index (χ4n) is 10.2. The molecule has 446 valence electrons. The molecule has 0 aromatic rings. The van der Waals surface area contributed by atoms with Gasteiger partial charge in [0.1, 0.15) is 13.2 Å². The molecule has 0 aliphatic heterocycles. The van der Waals surface area contributed by atoms with Gasteiger partial charge >= 0.3 is 17.9 Å². The molecule has 6 heteroatoms. The van der Waals surface area contributed by atoms with Crippen molar-refractivity contribution in [3.8, 4) is 0 Å². The average molecular weight is 1070 g/mol. The van der Waals surface area contributed by atoms with Crippen LogP contribution in [0.15, 0.2) is 36.5 Å². The molecule has 0 saturated carbocycles. The van der Waals surface area contributed by atoms with Crippen LogP contribution < -0.4 is 0 Å². The summed E-state index contributed by atoms with van der Waals surface area (Å²) in [7, 11) is 0. The Kier molecular flexibility index (Phi) is 63.1. The fraction of sp³-hybridized carbons (Fsp3) is 0.871. The third kappa shape index (κ3) is 62.5. The van der Waals surface area contributed by atoms with Crippen molar-refractivity contribution in [2.24, 2.45) is 0 Å². The van der Waals surface area contributed by atoms with E-state index in [1.54, 1.807) is 0 Å². The predicted octanol–water partition coefficient (Wildman–Crippen LogP) is 23.2. The van der Waals surface area contributed by atoms with E-state index in [1.165, 1.54) is 250 Å². The summed E-state index contributed by atoms with van der Waals surface area (Å²) in [5, 5.41) is 0. The van der Waals surface area contributed by atoms with Crippen molar-refractivity contribution in [2.45, 2.75) is 380 Å². The van der Waals surface area contributed by atoms with Crippen LogP contribution in [0.1, 0.15) is 374 Å². The number of hydrogen-bond acceptors (Lipinski definition) is 6. The number of carbonyl (C=O) groups is 3. The van der Waals surface area contributed by atoms with E-state index in [1.807, 2.05) is 0 Å². The zero-order valence-electron chi connectivity index (χ0n) is 51.3. The summed E-state index contributed by atoms with van der Waals surface area (Å²) < 4.78 is 16.9. The third-order valence-corrected chi connectivity index (χ3v) is 15.3. The molecule has 0 radical (unpaired) electrons. The van der Waals surface area contributed by atoms with Crippen molar-refractivity contribution in [1.29, 1.82) is 0 Å². The van der Waals surface area contributed by atoms with Gasteiger partial charge in [0.15, 0.2) is 6.10 Å². The molecule has 0 heterocycles. The van der Waals surface area contributed by atoms with Crippen LogP contribution in [0.5, 0.6) is 0 Å². The molecule has 6 nitrogen and oxygen atoms in total. The van der Waals surface area contributed by atoms with E-state index >= 15 is 0 Å². The molecular weight excluding hydrogens is 937 g/mol. The van der Waals surface area contributed by atoms with E-state index in [0.29, 0.717) is 19.3 Å². The second-order valence-corrected chi connectivity index (χ2v) is 23.1. The minimum absolute atomic E-state index is 0.0713. The first-order chi connectivity index (χ1) is 37.5. The maximum atomic E-state index is 12.9. The van der Waals surface area contributed by atoms with Gasteiger partial charge in [-0.2, -0.15) is 0 Å². The highest BCUT2D eigenvalue weighted by molar-refractivity contribution is 5.71. The SMILES string of the molecule is CCC/C=C\C/C=C\CCCCCCCC(=O)OCC(COC(=O)CCCCCCCCCCCCCCCCCCCCC/C=C\CCCCCCCCCC)OC(=O)CCCCCCCCCCCCCCCC. The smallest absolute Gasteiger partial charge is 0.306 e. The summed E-state index contributed by atoms with van der Waals surface area (Å²) in [6, 6.07) is 0. The van der Waals surface area contributed by atoms with Crippen LogP contribution in [-0.4, -0.2) is 37.2 Å². The molecule has 0 aromatic carbocycles. The van der Waals surface area contributed by atoms with Crippen LogP contribution in [0.4, 0.5) is 0 Å². The van der Waals surface area contributed by atoms with Gasteiger partial charge in [0, 0.05) is 19.3 Å². The van der Waals surface area contributed by atoms with Crippen molar-refractivity contribution in [1.82, 2.24) is 0 Å². The summed E-state index contributed by atoms with van der Waals surface area (Å²) >= 11 is 0. The van der Waals surface area contributed by atoms with Crippen molar-refractivity contribution < 1.29 is 28.6 Å². The maximum Gasteiger partial charge on any atom is 0.306 e. The van der Waals surface area contributed by atoms with Crippen LogP contribution in [0, 0.1) is 0 Å². The molecular formula is C70H130O6. The molecule has 0 N–H and O–H groups in total. The standard InChI is InChI=1S/C70H130O6/c1-4-7-10-13-16-19-22-25-27-28-29-30-31-32-33-34-35-36-37-38-39-40-41-42-43-46-48-51-54-57-60-63-69(72)75-66-67(65-74-68(71)62-59-56-53-50-47-44-24-21-18-15-12-9-6-3)76-70(73)64-61-58-55-52-49-45-26-23-20-17-14-11-8-5-2/h12,15,21,24,28-29,67H,4-11,13-14,16-20,22-23,25-27,30-66H2,1-3H3/b15-12-,24-21-,29-28-. The Balaban J connectivity index is 4.10. The first-order valence-corrected chi connectivity index (χ1v) is 34.0. The van der Waals surface area contributed by atoms with Crippen molar-refractivity contribution in [3.63, 3.8) is 0 Å². The lowest BCUT2D eigenvalue weighted by molar-refractivity contribution is -0.167. The fourth-order valence-corrected chi connectivity index (χ4v) is 10.2. The number of esters is 3. The Morgan fingerprint density at radius 1 is 0.263 bits per heavy atom. The molecule has 1 unspecified atom stereocenters. The number of unbranched alkanes of at least 4 members (excludes halogenated alkanes) is 46. The lowest BCUT2D eigenvalue weighted by Gasteiger charge is -2.18. The largest absolute Gasteiger partial charge is 0.462 e. The van der Waals surface area contributed by atoms with Crippen LogP contribution in [0.3, 0.4) is 0 Å². The number of allylic oxidation sites excluding steroid dienone is 6. The first-order valence-electron chi connectivity index (χ1n) is 34.0. The van der Waals surface area contributed by atoms with Crippen molar-refractivity contribution >= 4 is 17.9 Å². The minimum atomic E-state index is -0.774. The second-order valence-electron chi connectivity index (χ2n) is 23.1. The zero-order chi connectivity index (χ0) is 55.0. The van der Waals surface area contributed by atoms with Gasteiger partial charge in [-0.3, -0.25) is 14.4 Å². The molecule has 0 saturated heterocycles. The van der Waals surface area contributed by atoms with Crippen LogP contribution >= 0.6 is 0 Å². The lowest BCUT2D eigenvalue weighted by atomic mass is 10.0. The Bertz CT molecular complexity index is 1270. The van der Waals surface area contributed by atoms with Gasteiger partial charge in [0.05, 0.1) is 0 Å². The normalized spacial score (nSPS) is 12.2. The highest BCUT2D eigenvalue weighted by atomic mass is 16.6. The lowest BCUT2D eigenvalue weighted by Crippen LogP contribution is -2.30. The Labute approximate surface area is 474 Å². The molecule has 1 atom stereocenters. The van der Waals surface area contributed by atoms with Gasteiger partial charge in [-0.15, -0.1) is 0 Å². The van der Waals surface area contributed by atoms with E-state index < -0.39 is 6.10 Å². The van der Waals surface area contributed by atoms with Gasteiger partial charge in [-0.25, -0.2) is 0 Å². The van der Waals surface area contributed by atoms with E-state index in [0.717, 1.165) is 83.5 Å². The molecule has 0 spiro atoms. The molecule has 0 aromatic heterocycles. The highest BCUT2D eigenvalue weighted by Gasteiger charge is 2.19. The molecule has 0 rings (SSSR count). The Morgan fingerprint density at radius 3 is 0.789 bits per heavy atom. The van der Waals surface area contributed by atoms with Gasteiger partial charge in [0.25, 0.3) is 0 Å². The number of rotatable bonds is 63. The summed E-state index contributed by atoms with van der Waals surface area (Å²) in [6.45, 7) is 6.62. The molecule has 76 heavy (non-hydrogen) atoms. The molecule has 0 amide bonds. The van der Waals surface area contributed by atoms with Crippen LogP contribution in [0.2, 0.25) is 0 Å². The summed E-state index contributed by atoms with van der Waals surface area (Å²) in [5.74, 6) is -0.862. The van der Waals surface area contributed by atoms with Crippen molar-refractivity contribution in [3.05, 3.63) is 36.5 Å². The minimum Gasteiger partial charge on any atom is -0.462 e. The summed E-state index contributed by atoms with van der Waals surface area (Å²) in [4.78, 5) is 38.3. The Hall–Kier alpha value is -2.37. The van der Waals surface area contributed by atoms with E-state index in [-0.39, 0.29) is 31.1 Å². The third-order valence-electron chi connectivity index (χ3n) is 15.3. The van der Waals surface area contributed by atoms with Gasteiger partial charge < -0.3 is 14.2 Å². The van der Waals surface area contributed by atoms with E-state index in [2.05, 4.69) is 57.2 Å². The monoisotopic (exact) mass is 1070 g/mol. The maximum absolute atomic E-state index is 12.9. The zero-order valence-corrected chi connectivity index (χ0v) is 51.3. The molecule has 0 bridgehead atoms. The first kappa shape index (κ1) is 73.6. The van der Waals surface area contributed by atoms with Crippen molar-refractivity contribution in [2.75, 3.05) is 13.2 Å². The van der Waals surface area contributed by atoms with Crippen LogP contribution in [0.25, 0.3) is 0 Å². The molecule has 0 aliphatic carbocycles. The van der Waals surface area contributed by atoms with E-state index in [9.17, 15) is 14.4 Å². The van der Waals surface area contributed by atoms with Gasteiger partial charge in [0.2, 0.25) is 0 Å². The molecule has 0 fully saturated rings. The predicted molar refractivity (Wildman–Crippen MR) is 330 cm³/mol. The Morgan fingerprint density at radius 2 is 0.500 bits per heavy atom. The second kappa shape index (κ2) is 65.2. The van der Waals surface area contributed by atoms with Gasteiger partial charge in [-0.1, -0.05) is 320 Å². The highest BCUT2D eigenvalue weighted by Crippen LogP contribution is 2.18. The van der Waals surface area contributed by atoms with Crippen LogP contribution in [-0.2, 0) is 28.6 Å². The van der Waals surface area contributed by atoms with Gasteiger partial charge in [-0.05, 0) is 70.6 Å². The summed E-state index contributed by atoms with van der Waals surface area (Å²) in [6.07, 6.45) is 80.4. The summed E-state index contributed by atoms with van der Waals surface area (Å²) in [5.41, 5.74) is 0. The molecule has 0 aliphatic rings.